The van der Waals surface area contributed by atoms with Gasteiger partial charge in [-0.2, -0.15) is 0 Å². The van der Waals surface area contributed by atoms with Gasteiger partial charge in [-0.25, -0.2) is 0 Å². The molecule has 0 saturated heterocycles. The summed E-state index contributed by atoms with van der Waals surface area (Å²) in [6, 6.07) is 10.2. The van der Waals surface area contributed by atoms with Gasteiger partial charge in [0.25, 0.3) is 0 Å². The van der Waals surface area contributed by atoms with Gasteiger partial charge in [0.15, 0.2) is 0 Å². The first-order valence-corrected chi connectivity index (χ1v) is 7.81. The van der Waals surface area contributed by atoms with Crippen molar-refractivity contribution < 1.29 is 0 Å². The van der Waals surface area contributed by atoms with E-state index in [-0.39, 0.29) is 0 Å². The molecule has 2 heteroatoms. The Morgan fingerprint density at radius 3 is 2.68 bits per heavy atom. The van der Waals surface area contributed by atoms with Gasteiger partial charge >= 0.3 is 0 Å². The van der Waals surface area contributed by atoms with E-state index < -0.39 is 0 Å². The zero-order valence-electron chi connectivity index (χ0n) is 12.7. The van der Waals surface area contributed by atoms with Crippen molar-refractivity contribution in [1.29, 1.82) is 0 Å². The number of aryl methyl sites for hydroxylation is 1. The molecule has 0 aliphatic heterocycles. The van der Waals surface area contributed by atoms with E-state index in [1.54, 1.807) is 0 Å². The molecule has 1 aliphatic rings. The number of nitrogens with zero attached hydrogens (tertiary/aromatic N) is 1. The molecule has 19 heavy (non-hydrogen) atoms. The minimum absolute atomic E-state index is 0.698. The van der Waals surface area contributed by atoms with Crippen LogP contribution >= 0.6 is 0 Å². The highest BCUT2D eigenvalue weighted by molar-refractivity contribution is 5.53. The maximum Gasteiger partial charge on any atom is 0.0398 e. The molecule has 1 fully saturated rings. The van der Waals surface area contributed by atoms with Crippen molar-refractivity contribution in [3.63, 3.8) is 0 Å². The molecule has 106 valence electrons. The third kappa shape index (κ3) is 3.50. The molecule has 0 radical (unpaired) electrons. The van der Waals surface area contributed by atoms with Gasteiger partial charge in [0.2, 0.25) is 0 Å². The van der Waals surface area contributed by atoms with Crippen LogP contribution in [0.2, 0.25) is 0 Å². The maximum atomic E-state index is 3.63. The quantitative estimate of drug-likeness (QED) is 0.867. The minimum Gasteiger partial charge on any atom is -0.369 e. The van der Waals surface area contributed by atoms with Crippen LogP contribution < -0.4 is 10.2 Å². The molecule has 1 aliphatic carbocycles. The Labute approximate surface area is 118 Å². The molecule has 2 rings (SSSR count). The maximum absolute atomic E-state index is 3.63. The lowest BCUT2D eigenvalue weighted by Crippen LogP contribution is -2.44. The van der Waals surface area contributed by atoms with E-state index >= 15 is 0 Å². The fourth-order valence-electron chi connectivity index (χ4n) is 3.43. The van der Waals surface area contributed by atoms with Crippen LogP contribution in [0.25, 0.3) is 0 Å². The summed E-state index contributed by atoms with van der Waals surface area (Å²) in [6.07, 6.45) is 5.32. The Morgan fingerprint density at radius 1 is 1.21 bits per heavy atom. The van der Waals surface area contributed by atoms with Crippen LogP contribution in [0.15, 0.2) is 24.3 Å². The zero-order chi connectivity index (χ0) is 13.7. The number of para-hydroxylation sites is 1. The van der Waals surface area contributed by atoms with Crippen molar-refractivity contribution >= 4 is 5.69 Å². The lowest BCUT2D eigenvalue weighted by Gasteiger charge is -2.39. The molecule has 0 heterocycles. The van der Waals surface area contributed by atoms with Crippen LogP contribution in [0.1, 0.15) is 45.1 Å². The summed E-state index contributed by atoms with van der Waals surface area (Å²) in [7, 11) is 0. The molecule has 1 saturated carbocycles. The standard InChI is InChI=1S/C17H28N2/c1-4-18-15-10-8-11-16(13-15)19(5-2)17-12-7-6-9-14(17)3/h6-7,9,12,15-16,18H,4-5,8,10-11,13H2,1-3H3. The van der Waals surface area contributed by atoms with Crippen molar-refractivity contribution in [1.82, 2.24) is 5.32 Å². The topological polar surface area (TPSA) is 15.3 Å². The Kier molecular flexibility index (Phi) is 5.26. The monoisotopic (exact) mass is 260 g/mol. The third-order valence-electron chi connectivity index (χ3n) is 4.35. The van der Waals surface area contributed by atoms with Crippen LogP contribution in [-0.2, 0) is 0 Å². The SMILES string of the molecule is CCNC1CCCC(N(CC)c2ccccc2C)C1. The van der Waals surface area contributed by atoms with Crippen LogP contribution in [0.4, 0.5) is 5.69 Å². The van der Waals surface area contributed by atoms with Crippen molar-refractivity contribution in [2.75, 3.05) is 18.0 Å². The molecule has 2 unspecified atom stereocenters. The van der Waals surface area contributed by atoms with Crippen molar-refractivity contribution in [2.24, 2.45) is 0 Å². The van der Waals surface area contributed by atoms with Gasteiger partial charge in [-0.15, -0.1) is 0 Å². The second-order valence-corrected chi connectivity index (χ2v) is 5.65. The van der Waals surface area contributed by atoms with Crippen molar-refractivity contribution in [3.8, 4) is 0 Å². The van der Waals surface area contributed by atoms with E-state index in [1.807, 2.05) is 0 Å². The summed E-state index contributed by atoms with van der Waals surface area (Å²) in [4.78, 5) is 2.61. The number of hydrogen-bond donors (Lipinski definition) is 1. The summed E-state index contributed by atoms with van der Waals surface area (Å²) < 4.78 is 0. The lowest BCUT2D eigenvalue weighted by molar-refractivity contribution is 0.332. The van der Waals surface area contributed by atoms with Crippen LogP contribution in [0.3, 0.4) is 0 Å². The molecule has 2 nitrogen and oxygen atoms in total. The molecular formula is C17H28N2. The molecule has 0 amide bonds. The smallest absolute Gasteiger partial charge is 0.0398 e. The van der Waals surface area contributed by atoms with Gasteiger partial charge in [-0.3, -0.25) is 0 Å². The van der Waals surface area contributed by atoms with E-state index in [0.29, 0.717) is 12.1 Å². The Hall–Kier alpha value is -1.02. The average molecular weight is 260 g/mol. The predicted molar refractivity (Wildman–Crippen MR) is 83.9 cm³/mol. The van der Waals surface area contributed by atoms with Gasteiger partial charge in [0.1, 0.15) is 0 Å². The van der Waals surface area contributed by atoms with Gasteiger partial charge in [0, 0.05) is 24.3 Å². The highest BCUT2D eigenvalue weighted by Gasteiger charge is 2.26. The van der Waals surface area contributed by atoms with Crippen molar-refractivity contribution in [2.45, 2.75) is 58.5 Å². The molecule has 1 aromatic carbocycles. The second-order valence-electron chi connectivity index (χ2n) is 5.65. The summed E-state index contributed by atoms with van der Waals surface area (Å²) in [5.41, 5.74) is 2.82. The van der Waals surface area contributed by atoms with Crippen LogP contribution in [-0.4, -0.2) is 25.2 Å². The lowest BCUT2D eigenvalue weighted by atomic mass is 9.89. The first-order valence-electron chi connectivity index (χ1n) is 7.81. The third-order valence-corrected chi connectivity index (χ3v) is 4.35. The van der Waals surface area contributed by atoms with E-state index in [1.165, 1.54) is 36.9 Å². The average Bonchev–Trinajstić information content (AvgIpc) is 2.43. The molecule has 0 bridgehead atoms. The molecular weight excluding hydrogens is 232 g/mol. The number of benzene rings is 1. The van der Waals surface area contributed by atoms with Gasteiger partial charge in [0.05, 0.1) is 0 Å². The Bertz CT molecular complexity index is 387. The largest absolute Gasteiger partial charge is 0.369 e. The molecule has 1 N–H and O–H groups in total. The second kappa shape index (κ2) is 6.95. The molecule has 0 spiro atoms. The van der Waals surface area contributed by atoms with Gasteiger partial charge in [-0.1, -0.05) is 25.1 Å². The first-order chi connectivity index (χ1) is 9.26. The number of rotatable bonds is 5. The number of hydrogen-bond acceptors (Lipinski definition) is 2. The summed E-state index contributed by atoms with van der Waals surface area (Å²) in [6.45, 7) is 8.91. The predicted octanol–water partition coefficient (Wildman–Crippen LogP) is 3.74. The normalized spacial score (nSPS) is 23.3. The summed E-state index contributed by atoms with van der Waals surface area (Å²) in [5, 5.41) is 3.63. The highest BCUT2D eigenvalue weighted by Crippen LogP contribution is 2.29. The minimum atomic E-state index is 0.698. The van der Waals surface area contributed by atoms with E-state index in [9.17, 15) is 0 Å². The fourth-order valence-corrected chi connectivity index (χ4v) is 3.43. The molecule has 2 atom stereocenters. The molecule has 0 aromatic heterocycles. The van der Waals surface area contributed by atoms with E-state index in [0.717, 1.165) is 13.1 Å². The summed E-state index contributed by atoms with van der Waals surface area (Å²) in [5.74, 6) is 0. The fraction of sp³-hybridized carbons (Fsp3) is 0.647. The van der Waals surface area contributed by atoms with Crippen LogP contribution in [0.5, 0.6) is 0 Å². The highest BCUT2D eigenvalue weighted by atomic mass is 15.2. The summed E-state index contributed by atoms with van der Waals surface area (Å²) >= 11 is 0. The van der Waals surface area contributed by atoms with Gasteiger partial charge in [-0.05, 0) is 57.7 Å². The van der Waals surface area contributed by atoms with Gasteiger partial charge < -0.3 is 10.2 Å². The van der Waals surface area contributed by atoms with Crippen LogP contribution in [0, 0.1) is 6.92 Å². The number of nitrogens with one attached hydrogen (secondary N) is 1. The Morgan fingerprint density at radius 2 is 2.00 bits per heavy atom. The van der Waals surface area contributed by atoms with E-state index in [4.69, 9.17) is 0 Å². The zero-order valence-corrected chi connectivity index (χ0v) is 12.7. The number of anilines is 1. The Balaban J connectivity index is 2.11. The first kappa shape index (κ1) is 14.4. The van der Waals surface area contributed by atoms with E-state index in [2.05, 4.69) is 55.3 Å². The molecule has 1 aromatic rings. The van der Waals surface area contributed by atoms with Crippen molar-refractivity contribution in [3.05, 3.63) is 29.8 Å².